The van der Waals surface area contributed by atoms with Crippen molar-refractivity contribution in [2.24, 2.45) is 0 Å². The van der Waals surface area contributed by atoms with Crippen LogP contribution in [-0.4, -0.2) is 20.7 Å². The van der Waals surface area contributed by atoms with Gasteiger partial charge in [0.15, 0.2) is 0 Å². The summed E-state index contributed by atoms with van der Waals surface area (Å²) < 4.78 is 2.00. The molecule has 0 unspecified atom stereocenters. The lowest BCUT2D eigenvalue weighted by atomic mass is 10.2. The molecule has 2 heterocycles. The van der Waals surface area contributed by atoms with E-state index in [0.717, 1.165) is 30.6 Å². The van der Waals surface area contributed by atoms with Gasteiger partial charge in [-0.25, -0.2) is 4.68 Å². The van der Waals surface area contributed by atoms with Gasteiger partial charge in [0.1, 0.15) is 5.69 Å². The highest BCUT2D eigenvalue weighted by Crippen LogP contribution is 2.27. The lowest BCUT2D eigenvalue weighted by Gasteiger charge is -2.05. The number of nitrogens with one attached hydrogen (secondary N) is 1. The van der Waals surface area contributed by atoms with E-state index >= 15 is 0 Å². The first-order chi connectivity index (χ1) is 12.2. The standard InChI is InChI=1S/C19H17ClN4O/c20-13-9-10-21-16(11-13)19(25)22-12-17-15-7-4-8-18(15)24(23-17)14-5-2-1-3-6-14/h1-3,5-6,9-11H,4,7-8,12H2,(H,22,25). The van der Waals surface area contributed by atoms with Gasteiger partial charge in [-0.2, -0.15) is 5.10 Å². The highest BCUT2D eigenvalue weighted by atomic mass is 35.5. The highest BCUT2D eigenvalue weighted by Gasteiger charge is 2.23. The lowest BCUT2D eigenvalue weighted by Crippen LogP contribution is -2.24. The number of carbonyl (C=O) groups excluding carboxylic acids is 1. The maximum absolute atomic E-state index is 12.3. The first-order valence-corrected chi connectivity index (χ1v) is 8.65. The number of halogens is 1. The van der Waals surface area contributed by atoms with E-state index < -0.39 is 0 Å². The quantitative estimate of drug-likeness (QED) is 0.783. The lowest BCUT2D eigenvalue weighted by molar-refractivity contribution is 0.0945. The Kier molecular flexibility index (Phi) is 4.24. The van der Waals surface area contributed by atoms with Crippen molar-refractivity contribution in [2.45, 2.75) is 25.8 Å². The van der Waals surface area contributed by atoms with Crippen molar-refractivity contribution in [3.63, 3.8) is 0 Å². The van der Waals surface area contributed by atoms with Gasteiger partial charge in [-0.15, -0.1) is 0 Å². The summed E-state index contributed by atoms with van der Waals surface area (Å²) in [6, 6.07) is 13.3. The minimum atomic E-state index is -0.247. The third-order valence-corrected chi connectivity index (χ3v) is 4.62. The largest absolute Gasteiger partial charge is 0.345 e. The molecule has 126 valence electrons. The van der Waals surface area contributed by atoms with Crippen LogP contribution in [0.5, 0.6) is 0 Å². The van der Waals surface area contributed by atoms with Crippen molar-refractivity contribution >= 4 is 17.5 Å². The maximum atomic E-state index is 12.3. The summed E-state index contributed by atoms with van der Waals surface area (Å²) in [5.74, 6) is -0.247. The molecule has 0 atom stereocenters. The molecule has 0 fully saturated rings. The van der Waals surface area contributed by atoms with Crippen LogP contribution in [0.15, 0.2) is 48.7 Å². The zero-order valence-electron chi connectivity index (χ0n) is 13.6. The van der Waals surface area contributed by atoms with Crippen molar-refractivity contribution in [1.82, 2.24) is 20.1 Å². The van der Waals surface area contributed by atoms with Crippen molar-refractivity contribution in [2.75, 3.05) is 0 Å². The molecule has 0 saturated carbocycles. The van der Waals surface area contributed by atoms with E-state index in [1.807, 2.05) is 35.0 Å². The van der Waals surface area contributed by atoms with Crippen molar-refractivity contribution in [3.05, 3.63) is 76.3 Å². The Hall–Kier alpha value is -2.66. The molecule has 5 nitrogen and oxygen atoms in total. The summed E-state index contributed by atoms with van der Waals surface area (Å²) in [6.07, 6.45) is 4.67. The first kappa shape index (κ1) is 15.8. The number of pyridine rings is 1. The monoisotopic (exact) mass is 352 g/mol. The van der Waals surface area contributed by atoms with Crippen molar-refractivity contribution in [3.8, 4) is 5.69 Å². The molecule has 1 aliphatic rings. The fraction of sp³-hybridized carbons (Fsp3) is 0.211. The van der Waals surface area contributed by atoms with Crippen LogP contribution in [-0.2, 0) is 19.4 Å². The average Bonchev–Trinajstić information content (AvgIpc) is 3.23. The van der Waals surface area contributed by atoms with Crippen LogP contribution >= 0.6 is 11.6 Å². The van der Waals surface area contributed by atoms with E-state index in [-0.39, 0.29) is 5.91 Å². The van der Waals surface area contributed by atoms with Crippen LogP contribution in [0, 0.1) is 0 Å². The summed E-state index contributed by atoms with van der Waals surface area (Å²) >= 11 is 5.92. The number of aromatic nitrogens is 3. The third kappa shape index (κ3) is 3.15. The van der Waals surface area contributed by atoms with Crippen molar-refractivity contribution in [1.29, 1.82) is 0 Å². The molecule has 0 aliphatic heterocycles. The minimum absolute atomic E-state index is 0.247. The summed E-state index contributed by atoms with van der Waals surface area (Å²) in [4.78, 5) is 16.3. The van der Waals surface area contributed by atoms with Gasteiger partial charge >= 0.3 is 0 Å². The Morgan fingerprint density at radius 2 is 2.04 bits per heavy atom. The van der Waals surface area contributed by atoms with Crippen LogP contribution in [0.3, 0.4) is 0 Å². The normalized spacial score (nSPS) is 12.8. The van der Waals surface area contributed by atoms with E-state index in [2.05, 4.69) is 10.3 Å². The van der Waals surface area contributed by atoms with E-state index in [9.17, 15) is 4.79 Å². The average molecular weight is 353 g/mol. The molecule has 1 amide bonds. The SMILES string of the molecule is O=C(NCc1nn(-c2ccccc2)c2c1CCC2)c1cc(Cl)ccn1. The number of para-hydroxylation sites is 1. The van der Waals surface area contributed by atoms with E-state index in [4.69, 9.17) is 16.7 Å². The fourth-order valence-electron chi connectivity index (χ4n) is 3.22. The second-order valence-corrected chi connectivity index (χ2v) is 6.45. The predicted molar refractivity (Wildman–Crippen MR) is 96.0 cm³/mol. The van der Waals surface area contributed by atoms with Crippen LogP contribution in [0.2, 0.25) is 5.02 Å². The van der Waals surface area contributed by atoms with Crippen LogP contribution in [0.1, 0.15) is 33.9 Å². The second kappa shape index (κ2) is 6.69. The van der Waals surface area contributed by atoms with Gasteiger partial charge in [0.05, 0.1) is 17.9 Å². The summed E-state index contributed by atoms with van der Waals surface area (Å²) in [7, 11) is 0. The molecule has 3 aromatic rings. The minimum Gasteiger partial charge on any atom is -0.345 e. The molecule has 0 saturated heterocycles. The van der Waals surface area contributed by atoms with Gasteiger partial charge in [-0.05, 0) is 49.1 Å². The Labute approximate surface area is 150 Å². The number of nitrogens with zero attached hydrogens (tertiary/aromatic N) is 3. The van der Waals surface area contributed by atoms with Crippen LogP contribution in [0.25, 0.3) is 5.69 Å². The topological polar surface area (TPSA) is 59.8 Å². The Bertz CT molecular complexity index is 920. The molecule has 1 N–H and O–H groups in total. The zero-order valence-corrected chi connectivity index (χ0v) is 14.3. The zero-order chi connectivity index (χ0) is 17.2. The third-order valence-electron chi connectivity index (χ3n) is 4.39. The van der Waals surface area contributed by atoms with E-state index in [0.29, 0.717) is 17.3 Å². The molecule has 1 aliphatic carbocycles. The molecule has 0 spiro atoms. The predicted octanol–water partition coefficient (Wildman–Crippen LogP) is 3.34. The molecular formula is C19H17ClN4O. The molecule has 25 heavy (non-hydrogen) atoms. The highest BCUT2D eigenvalue weighted by molar-refractivity contribution is 6.30. The van der Waals surface area contributed by atoms with Gasteiger partial charge in [0.25, 0.3) is 5.91 Å². The first-order valence-electron chi connectivity index (χ1n) is 8.27. The van der Waals surface area contributed by atoms with Crippen molar-refractivity contribution < 1.29 is 4.79 Å². The van der Waals surface area contributed by atoms with Gasteiger partial charge in [0, 0.05) is 16.9 Å². The molecule has 4 rings (SSSR count). The number of benzene rings is 1. The van der Waals surface area contributed by atoms with Gasteiger partial charge < -0.3 is 5.32 Å². The van der Waals surface area contributed by atoms with E-state index in [1.54, 1.807) is 12.1 Å². The number of hydrogen-bond donors (Lipinski definition) is 1. The second-order valence-electron chi connectivity index (χ2n) is 6.01. The summed E-state index contributed by atoms with van der Waals surface area (Å²) in [5.41, 5.74) is 4.78. The molecule has 2 aromatic heterocycles. The summed E-state index contributed by atoms with van der Waals surface area (Å²) in [5, 5.41) is 8.14. The number of carbonyl (C=O) groups is 1. The molecular weight excluding hydrogens is 336 g/mol. The van der Waals surface area contributed by atoms with Crippen LogP contribution in [0.4, 0.5) is 0 Å². The number of hydrogen-bond acceptors (Lipinski definition) is 3. The number of fused-ring (bicyclic) bond motifs is 1. The molecule has 0 radical (unpaired) electrons. The fourth-order valence-corrected chi connectivity index (χ4v) is 3.38. The Balaban J connectivity index is 1.56. The van der Waals surface area contributed by atoms with Gasteiger partial charge in [0.2, 0.25) is 0 Å². The molecule has 0 bridgehead atoms. The van der Waals surface area contributed by atoms with Gasteiger partial charge in [-0.1, -0.05) is 29.8 Å². The van der Waals surface area contributed by atoms with E-state index in [1.165, 1.54) is 17.5 Å². The Morgan fingerprint density at radius 1 is 1.20 bits per heavy atom. The molecule has 6 heteroatoms. The summed E-state index contributed by atoms with van der Waals surface area (Å²) in [6.45, 7) is 0.384. The van der Waals surface area contributed by atoms with Gasteiger partial charge in [-0.3, -0.25) is 9.78 Å². The number of amides is 1. The Morgan fingerprint density at radius 3 is 2.84 bits per heavy atom. The number of rotatable bonds is 4. The van der Waals surface area contributed by atoms with Crippen LogP contribution < -0.4 is 5.32 Å². The molecule has 1 aromatic carbocycles. The maximum Gasteiger partial charge on any atom is 0.270 e. The smallest absolute Gasteiger partial charge is 0.270 e.